The Bertz CT molecular complexity index is 347. The molecule has 4 heteroatoms. The van der Waals surface area contributed by atoms with Crippen LogP contribution in [-0.2, 0) is 6.54 Å². The van der Waals surface area contributed by atoms with Crippen molar-refractivity contribution in [2.24, 2.45) is 4.99 Å². The first kappa shape index (κ1) is 9.25. The molecule has 0 fully saturated rings. The summed E-state index contributed by atoms with van der Waals surface area (Å²) in [5.74, 6) is -1.38. The maximum absolute atomic E-state index is 10.5. The van der Waals surface area contributed by atoms with E-state index in [9.17, 15) is 9.90 Å². The lowest BCUT2D eigenvalue weighted by Crippen LogP contribution is -1.97. The van der Waals surface area contributed by atoms with Crippen molar-refractivity contribution in [3.63, 3.8) is 0 Å². The van der Waals surface area contributed by atoms with E-state index < -0.39 is 5.97 Å². The van der Waals surface area contributed by atoms with E-state index in [1.807, 2.05) is 0 Å². The van der Waals surface area contributed by atoms with Crippen molar-refractivity contribution < 1.29 is 15.0 Å². The molecule has 1 aromatic carbocycles. The number of carboxylic acid groups (broad SMARTS) is 1. The molecule has 1 rings (SSSR count). The molecule has 13 heavy (non-hydrogen) atoms. The van der Waals surface area contributed by atoms with Crippen LogP contribution in [0.1, 0.15) is 15.9 Å². The molecule has 0 radical (unpaired) electrons. The highest BCUT2D eigenvalue weighted by molar-refractivity contribution is 5.90. The van der Waals surface area contributed by atoms with Gasteiger partial charge in [-0.25, -0.2) is 4.79 Å². The van der Waals surface area contributed by atoms with Gasteiger partial charge in [-0.2, -0.15) is 0 Å². The number of benzene rings is 1. The fraction of sp³-hybridized carbons (Fsp3) is 0.111. The van der Waals surface area contributed by atoms with Crippen molar-refractivity contribution >= 4 is 12.7 Å². The first-order valence-corrected chi connectivity index (χ1v) is 3.63. The summed E-state index contributed by atoms with van der Waals surface area (Å²) in [6, 6.07) is 4.31. The summed E-state index contributed by atoms with van der Waals surface area (Å²) in [4.78, 5) is 14.1. The Morgan fingerprint density at radius 2 is 2.23 bits per heavy atom. The minimum Gasteiger partial charge on any atom is -0.507 e. The van der Waals surface area contributed by atoms with Crippen LogP contribution in [0.5, 0.6) is 5.75 Å². The third kappa shape index (κ3) is 2.05. The number of carboxylic acids is 1. The van der Waals surface area contributed by atoms with Gasteiger partial charge in [-0.05, 0) is 24.4 Å². The average molecular weight is 179 g/mol. The number of hydrogen-bond acceptors (Lipinski definition) is 3. The Balaban J connectivity index is 3.05. The second-order valence-corrected chi connectivity index (χ2v) is 2.54. The Labute approximate surface area is 75.2 Å². The highest BCUT2D eigenvalue weighted by Gasteiger charge is 2.08. The molecule has 4 nitrogen and oxygen atoms in total. The van der Waals surface area contributed by atoms with Crippen LogP contribution in [0.3, 0.4) is 0 Å². The molecule has 0 amide bonds. The molecule has 1 aromatic rings. The molecule has 0 unspecified atom stereocenters. The molecule has 0 heterocycles. The van der Waals surface area contributed by atoms with Crippen LogP contribution in [0.4, 0.5) is 0 Å². The van der Waals surface area contributed by atoms with E-state index in [0.717, 1.165) is 5.56 Å². The second-order valence-electron chi connectivity index (χ2n) is 2.54. The van der Waals surface area contributed by atoms with Crippen LogP contribution in [0.15, 0.2) is 23.2 Å². The molecule has 0 aliphatic carbocycles. The summed E-state index contributed by atoms with van der Waals surface area (Å²) in [7, 11) is 0. The van der Waals surface area contributed by atoms with Gasteiger partial charge in [-0.15, -0.1) is 0 Å². The predicted molar refractivity (Wildman–Crippen MR) is 48.3 cm³/mol. The van der Waals surface area contributed by atoms with Gasteiger partial charge in [0.15, 0.2) is 0 Å². The van der Waals surface area contributed by atoms with Gasteiger partial charge in [0, 0.05) is 0 Å². The van der Waals surface area contributed by atoms with Gasteiger partial charge >= 0.3 is 5.97 Å². The number of aromatic carboxylic acids is 1. The largest absolute Gasteiger partial charge is 0.507 e. The molecule has 0 saturated carbocycles. The van der Waals surface area contributed by atoms with Crippen LogP contribution in [0, 0.1) is 0 Å². The number of hydrogen-bond donors (Lipinski definition) is 2. The number of nitrogens with zero attached hydrogens (tertiary/aromatic N) is 1. The number of phenols is 1. The van der Waals surface area contributed by atoms with Crippen molar-refractivity contribution in [3.05, 3.63) is 29.3 Å². The normalized spacial score (nSPS) is 9.54. The van der Waals surface area contributed by atoms with Gasteiger partial charge < -0.3 is 10.2 Å². The molecular weight excluding hydrogens is 170 g/mol. The molecular formula is C9H9NO3. The molecule has 0 aromatic heterocycles. The molecule has 68 valence electrons. The second kappa shape index (κ2) is 3.71. The monoisotopic (exact) mass is 179 g/mol. The predicted octanol–water partition coefficient (Wildman–Crippen LogP) is 1.29. The van der Waals surface area contributed by atoms with E-state index >= 15 is 0 Å². The standard InChI is InChI=1S/C9H9NO3/c1-10-5-6-2-3-7(9(12)13)8(11)4-6/h2-4,11H,1,5H2,(H,12,13). The Hall–Kier alpha value is -1.84. The Kier molecular flexibility index (Phi) is 2.64. The minimum absolute atomic E-state index is 0.104. The summed E-state index contributed by atoms with van der Waals surface area (Å²) >= 11 is 0. The maximum atomic E-state index is 10.5. The van der Waals surface area contributed by atoms with Crippen LogP contribution in [-0.4, -0.2) is 22.9 Å². The number of aromatic hydroxyl groups is 1. The third-order valence-electron chi connectivity index (χ3n) is 1.59. The first-order valence-electron chi connectivity index (χ1n) is 3.63. The zero-order chi connectivity index (χ0) is 9.84. The number of aliphatic imine (C=N–C) groups is 1. The summed E-state index contributed by atoms with van der Waals surface area (Å²) in [5.41, 5.74) is 0.630. The van der Waals surface area contributed by atoms with E-state index in [4.69, 9.17) is 5.11 Å². The topological polar surface area (TPSA) is 69.9 Å². The molecule has 2 N–H and O–H groups in total. The van der Waals surface area contributed by atoms with Gasteiger partial charge in [0.1, 0.15) is 11.3 Å². The Morgan fingerprint density at radius 1 is 1.54 bits per heavy atom. The highest BCUT2D eigenvalue weighted by Crippen LogP contribution is 2.18. The van der Waals surface area contributed by atoms with Gasteiger partial charge in [0.2, 0.25) is 0 Å². The molecule has 0 aliphatic rings. The highest BCUT2D eigenvalue weighted by atomic mass is 16.4. The Morgan fingerprint density at radius 3 is 2.69 bits per heavy atom. The van der Waals surface area contributed by atoms with Crippen molar-refractivity contribution in [2.45, 2.75) is 6.54 Å². The van der Waals surface area contributed by atoms with Crippen LogP contribution >= 0.6 is 0 Å². The maximum Gasteiger partial charge on any atom is 0.339 e. The summed E-state index contributed by atoms with van der Waals surface area (Å²) in [6.07, 6.45) is 0. The van der Waals surface area contributed by atoms with Gasteiger partial charge in [0.25, 0.3) is 0 Å². The SMILES string of the molecule is C=NCc1ccc(C(=O)O)c(O)c1. The summed E-state index contributed by atoms with van der Waals surface area (Å²) < 4.78 is 0. The van der Waals surface area contributed by atoms with Gasteiger partial charge in [0.05, 0.1) is 6.54 Å². The van der Waals surface area contributed by atoms with E-state index in [-0.39, 0.29) is 11.3 Å². The van der Waals surface area contributed by atoms with Crippen molar-refractivity contribution in [1.29, 1.82) is 0 Å². The fourth-order valence-electron chi connectivity index (χ4n) is 0.986. The van der Waals surface area contributed by atoms with Crippen molar-refractivity contribution in [3.8, 4) is 5.75 Å². The van der Waals surface area contributed by atoms with E-state index in [0.29, 0.717) is 6.54 Å². The average Bonchev–Trinajstić information content (AvgIpc) is 2.04. The quantitative estimate of drug-likeness (QED) is 0.687. The lowest BCUT2D eigenvalue weighted by Gasteiger charge is -2.01. The lowest BCUT2D eigenvalue weighted by molar-refractivity contribution is 0.0693. The zero-order valence-electron chi connectivity index (χ0n) is 6.90. The first-order chi connectivity index (χ1) is 6.15. The smallest absolute Gasteiger partial charge is 0.339 e. The molecule has 0 bridgehead atoms. The molecule has 0 atom stereocenters. The molecule has 0 saturated heterocycles. The van der Waals surface area contributed by atoms with Crippen molar-refractivity contribution in [2.75, 3.05) is 0 Å². The molecule has 0 spiro atoms. The van der Waals surface area contributed by atoms with Crippen LogP contribution in [0.2, 0.25) is 0 Å². The molecule has 0 aliphatic heterocycles. The van der Waals surface area contributed by atoms with Crippen molar-refractivity contribution in [1.82, 2.24) is 0 Å². The minimum atomic E-state index is -1.14. The van der Waals surface area contributed by atoms with Crippen LogP contribution in [0.25, 0.3) is 0 Å². The third-order valence-corrected chi connectivity index (χ3v) is 1.59. The van der Waals surface area contributed by atoms with E-state index in [2.05, 4.69) is 11.7 Å². The van der Waals surface area contributed by atoms with Crippen LogP contribution < -0.4 is 0 Å². The number of carbonyl (C=O) groups is 1. The zero-order valence-corrected chi connectivity index (χ0v) is 6.90. The van der Waals surface area contributed by atoms with E-state index in [1.54, 1.807) is 6.07 Å². The summed E-state index contributed by atoms with van der Waals surface area (Å²) in [5, 5.41) is 17.8. The van der Waals surface area contributed by atoms with Gasteiger partial charge in [-0.3, -0.25) is 4.99 Å². The lowest BCUT2D eigenvalue weighted by atomic mass is 10.1. The summed E-state index contributed by atoms with van der Waals surface area (Å²) in [6.45, 7) is 3.66. The fourth-order valence-corrected chi connectivity index (χ4v) is 0.986. The van der Waals surface area contributed by atoms with E-state index in [1.165, 1.54) is 12.1 Å². The number of rotatable bonds is 3. The van der Waals surface area contributed by atoms with Gasteiger partial charge in [-0.1, -0.05) is 6.07 Å².